The van der Waals surface area contributed by atoms with Gasteiger partial charge in [-0.05, 0) is 6.42 Å². The van der Waals surface area contributed by atoms with Crippen LogP contribution in [0.25, 0.3) is 0 Å². The Labute approximate surface area is 49.2 Å². The van der Waals surface area contributed by atoms with E-state index in [9.17, 15) is 0 Å². The lowest BCUT2D eigenvalue weighted by molar-refractivity contribution is 0.922. The summed E-state index contributed by atoms with van der Waals surface area (Å²) in [7, 11) is 0. The Morgan fingerprint density at radius 3 is 2.71 bits per heavy atom. The number of allylic oxidation sites excluding steroid dienone is 1. The van der Waals surface area contributed by atoms with Crippen molar-refractivity contribution in [3.8, 4) is 0 Å². The maximum absolute atomic E-state index is 4.23. The molecule has 1 saturated heterocycles. The quantitative estimate of drug-likeness (QED) is 0.445. The molecule has 0 aromatic rings. The molecule has 2 heteroatoms. The zero-order valence-electron chi connectivity index (χ0n) is 4.15. The molecule has 1 N–H and O–H groups in total. The number of thiol groups is 1. The standard InChI is InChI=1S/C5H9NS/c1-4-2-5(7)3-6-4/h5-7H,1-3H2/t5-/m1/s1. The molecule has 0 bridgehead atoms. The lowest BCUT2D eigenvalue weighted by Crippen LogP contribution is -2.06. The van der Waals surface area contributed by atoms with Crippen LogP contribution in [0.4, 0.5) is 0 Å². The van der Waals surface area contributed by atoms with Gasteiger partial charge in [-0.3, -0.25) is 0 Å². The van der Waals surface area contributed by atoms with Crippen molar-refractivity contribution in [2.24, 2.45) is 0 Å². The highest BCUT2D eigenvalue weighted by molar-refractivity contribution is 7.81. The fourth-order valence-electron chi connectivity index (χ4n) is 0.691. The van der Waals surface area contributed by atoms with Crippen LogP contribution in [-0.4, -0.2) is 11.8 Å². The van der Waals surface area contributed by atoms with Crippen LogP contribution in [0, 0.1) is 0 Å². The van der Waals surface area contributed by atoms with Crippen molar-refractivity contribution in [1.82, 2.24) is 5.32 Å². The SMILES string of the molecule is C=C1C[C@@H](S)CN1. The molecule has 40 valence electrons. The highest BCUT2D eigenvalue weighted by Crippen LogP contribution is 2.11. The predicted molar refractivity (Wildman–Crippen MR) is 34.5 cm³/mol. The molecular formula is C5H9NS. The van der Waals surface area contributed by atoms with E-state index in [2.05, 4.69) is 24.5 Å². The summed E-state index contributed by atoms with van der Waals surface area (Å²) in [5, 5.41) is 3.61. The molecule has 0 aromatic carbocycles. The van der Waals surface area contributed by atoms with Crippen LogP contribution >= 0.6 is 12.6 Å². The molecule has 0 aromatic heterocycles. The van der Waals surface area contributed by atoms with Gasteiger partial charge in [-0.25, -0.2) is 0 Å². The molecule has 0 aliphatic carbocycles. The summed E-state index contributed by atoms with van der Waals surface area (Å²) < 4.78 is 0. The second-order valence-electron chi connectivity index (χ2n) is 1.84. The fourth-order valence-corrected chi connectivity index (χ4v) is 1.00. The zero-order chi connectivity index (χ0) is 5.28. The third kappa shape index (κ3) is 1.13. The highest BCUT2D eigenvalue weighted by atomic mass is 32.1. The molecule has 1 nitrogen and oxygen atoms in total. The average Bonchev–Trinajstić information content (AvgIpc) is 1.87. The highest BCUT2D eigenvalue weighted by Gasteiger charge is 2.11. The number of nitrogens with one attached hydrogen (secondary N) is 1. The van der Waals surface area contributed by atoms with Crippen molar-refractivity contribution in [2.75, 3.05) is 6.54 Å². The molecule has 0 saturated carbocycles. The van der Waals surface area contributed by atoms with Gasteiger partial charge in [-0.15, -0.1) is 0 Å². The Morgan fingerprint density at radius 2 is 2.57 bits per heavy atom. The van der Waals surface area contributed by atoms with E-state index in [4.69, 9.17) is 0 Å². The van der Waals surface area contributed by atoms with Crippen molar-refractivity contribution in [2.45, 2.75) is 11.7 Å². The molecule has 0 spiro atoms. The first-order chi connectivity index (χ1) is 3.29. The van der Waals surface area contributed by atoms with E-state index in [0.717, 1.165) is 18.7 Å². The molecule has 0 amide bonds. The molecule has 0 unspecified atom stereocenters. The summed E-state index contributed by atoms with van der Waals surface area (Å²) in [4.78, 5) is 0. The van der Waals surface area contributed by atoms with E-state index in [1.54, 1.807) is 0 Å². The second-order valence-corrected chi connectivity index (χ2v) is 2.57. The Morgan fingerprint density at radius 1 is 1.86 bits per heavy atom. The van der Waals surface area contributed by atoms with Crippen LogP contribution in [-0.2, 0) is 0 Å². The number of hydrogen-bond donors (Lipinski definition) is 2. The molecule has 1 aliphatic heterocycles. The van der Waals surface area contributed by atoms with Gasteiger partial charge in [-0.1, -0.05) is 6.58 Å². The second kappa shape index (κ2) is 1.78. The average molecular weight is 115 g/mol. The van der Waals surface area contributed by atoms with Gasteiger partial charge in [0.2, 0.25) is 0 Å². The van der Waals surface area contributed by atoms with Gasteiger partial charge in [0.25, 0.3) is 0 Å². The summed E-state index contributed by atoms with van der Waals surface area (Å²) >= 11 is 4.23. The first-order valence-electron chi connectivity index (χ1n) is 2.39. The minimum absolute atomic E-state index is 0.507. The van der Waals surface area contributed by atoms with Crippen LogP contribution in [0.2, 0.25) is 0 Å². The normalized spacial score (nSPS) is 30.4. The van der Waals surface area contributed by atoms with E-state index in [-0.39, 0.29) is 0 Å². The minimum Gasteiger partial charge on any atom is -0.388 e. The first kappa shape index (κ1) is 5.04. The lowest BCUT2D eigenvalue weighted by Gasteiger charge is -1.89. The van der Waals surface area contributed by atoms with Gasteiger partial charge in [0, 0.05) is 17.5 Å². The van der Waals surface area contributed by atoms with Gasteiger partial charge >= 0.3 is 0 Å². The van der Waals surface area contributed by atoms with Crippen LogP contribution in [0.1, 0.15) is 6.42 Å². The smallest absolute Gasteiger partial charge is 0.0264 e. The first-order valence-corrected chi connectivity index (χ1v) is 2.90. The Kier molecular flexibility index (Phi) is 1.28. The maximum Gasteiger partial charge on any atom is 0.0264 e. The van der Waals surface area contributed by atoms with Crippen LogP contribution in [0.15, 0.2) is 12.3 Å². The topological polar surface area (TPSA) is 12.0 Å². The Bertz CT molecular complexity index is 90.1. The summed E-state index contributed by atoms with van der Waals surface area (Å²) in [5.41, 5.74) is 1.13. The van der Waals surface area contributed by atoms with Crippen LogP contribution in [0.3, 0.4) is 0 Å². The van der Waals surface area contributed by atoms with Gasteiger partial charge < -0.3 is 5.32 Å². The molecule has 1 aliphatic rings. The van der Waals surface area contributed by atoms with Crippen molar-refractivity contribution in [3.05, 3.63) is 12.3 Å². The number of hydrogen-bond acceptors (Lipinski definition) is 2. The van der Waals surface area contributed by atoms with Gasteiger partial charge in [-0.2, -0.15) is 12.6 Å². The fraction of sp³-hybridized carbons (Fsp3) is 0.600. The van der Waals surface area contributed by atoms with Gasteiger partial charge in [0.05, 0.1) is 0 Å². The molecule has 1 heterocycles. The van der Waals surface area contributed by atoms with E-state index < -0.39 is 0 Å². The van der Waals surface area contributed by atoms with E-state index in [1.165, 1.54) is 0 Å². The van der Waals surface area contributed by atoms with E-state index >= 15 is 0 Å². The number of rotatable bonds is 0. The third-order valence-electron chi connectivity index (χ3n) is 1.07. The van der Waals surface area contributed by atoms with Gasteiger partial charge in [0.15, 0.2) is 0 Å². The summed E-state index contributed by atoms with van der Waals surface area (Å²) in [6.07, 6.45) is 1.03. The molecular weight excluding hydrogens is 106 g/mol. The van der Waals surface area contributed by atoms with Crippen LogP contribution < -0.4 is 5.32 Å². The van der Waals surface area contributed by atoms with Crippen molar-refractivity contribution in [3.63, 3.8) is 0 Å². The van der Waals surface area contributed by atoms with Crippen molar-refractivity contribution in [1.29, 1.82) is 0 Å². The van der Waals surface area contributed by atoms with Crippen molar-refractivity contribution < 1.29 is 0 Å². The molecule has 0 radical (unpaired) electrons. The van der Waals surface area contributed by atoms with Gasteiger partial charge in [0.1, 0.15) is 0 Å². The minimum atomic E-state index is 0.507. The zero-order valence-corrected chi connectivity index (χ0v) is 5.04. The Hall–Kier alpha value is -0.110. The maximum atomic E-state index is 4.23. The largest absolute Gasteiger partial charge is 0.388 e. The van der Waals surface area contributed by atoms with Crippen molar-refractivity contribution >= 4 is 12.6 Å². The lowest BCUT2D eigenvalue weighted by atomic mass is 10.3. The predicted octanol–water partition coefficient (Wildman–Crippen LogP) is 0.792. The molecule has 1 rings (SSSR count). The van der Waals surface area contributed by atoms with E-state index in [1.807, 2.05) is 0 Å². The summed E-state index contributed by atoms with van der Waals surface area (Å²) in [5.74, 6) is 0. The summed E-state index contributed by atoms with van der Waals surface area (Å²) in [6, 6.07) is 0. The molecule has 7 heavy (non-hydrogen) atoms. The molecule has 1 atom stereocenters. The molecule has 1 fully saturated rings. The third-order valence-corrected chi connectivity index (χ3v) is 1.43. The monoisotopic (exact) mass is 115 g/mol. The Balaban J connectivity index is 2.40. The van der Waals surface area contributed by atoms with Crippen LogP contribution in [0.5, 0.6) is 0 Å². The van der Waals surface area contributed by atoms with E-state index in [0.29, 0.717) is 5.25 Å². The summed E-state index contributed by atoms with van der Waals surface area (Å²) in [6.45, 7) is 4.73.